The molecule has 0 atom stereocenters. The quantitative estimate of drug-likeness (QED) is 0.358. The number of hydrogen-bond acceptors (Lipinski definition) is 5. The molecule has 8 heteroatoms. The van der Waals surface area contributed by atoms with Crippen LogP contribution in [0.5, 0.6) is 0 Å². The lowest BCUT2D eigenvalue weighted by Gasteiger charge is -2.23. The molecule has 3 heterocycles. The zero-order valence-corrected chi connectivity index (χ0v) is 18.2. The zero-order chi connectivity index (χ0) is 22.0. The van der Waals surface area contributed by atoms with Crippen molar-refractivity contribution in [2.24, 2.45) is 0 Å². The van der Waals surface area contributed by atoms with Crippen LogP contribution in [0, 0.1) is 6.92 Å². The van der Waals surface area contributed by atoms with Gasteiger partial charge in [0, 0.05) is 32.4 Å². The lowest BCUT2D eigenvalue weighted by atomic mass is 9.95. The summed E-state index contributed by atoms with van der Waals surface area (Å²) in [4.78, 5) is 31.1. The molecule has 31 heavy (non-hydrogen) atoms. The molecule has 0 aliphatic heterocycles. The van der Waals surface area contributed by atoms with Crippen LogP contribution in [0.4, 0.5) is 5.82 Å². The van der Waals surface area contributed by atoms with E-state index >= 15 is 0 Å². The highest BCUT2D eigenvalue weighted by molar-refractivity contribution is 6.00. The standard InChI is InChI=1S/C23H29N5O3/c1-15-9-10-19-26-21-18(23(30)28(19)14-15)13-17(20(24)27(21)11-6-12-31-2)22(29)25-16-7-4-3-5-8-16/h9-10,13-14,16,24H,3-8,11-12H2,1-2H3,(H,25,29)/p+1. The molecule has 3 N–H and O–H groups in total. The average Bonchev–Trinajstić information content (AvgIpc) is 2.76. The second-order valence-corrected chi connectivity index (χ2v) is 8.34. The number of nitrogens with zero attached hydrogens (tertiary/aromatic N) is 3. The number of methoxy groups -OCH3 is 1. The van der Waals surface area contributed by atoms with Crippen LogP contribution >= 0.6 is 0 Å². The molecule has 0 spiro atoms. The molecule has 0 bridgehead atoms. The number of carbonyl (C=O) groups is 1. The first-order chi connectivity index (χ1) is 15.0. The van der Waals surface area contributed by atoms with Gasteiger partial charge in [0.1, 0.15) is 10.9 Å². The van der Waals surface area contributed by atoms with Crippen LogP contribution in [0.25, 0.3) is 16.7 Å². The highest BCUT2D eigenvalue weighted by Gasteiger charge is 2.26. The summed E-state index contributed by atoms with van der Waals surface area (Å²) < 4.78 is 8.47. The molecule has 3 aromatic heterocycles. The molecule has 1 aliphatic carbocycles. The number of aromatic nitrogens is 3. The van der Waals surface area contributed by atoms with Crippen molar-refractivity contribution in [1.29, 1.82) is 0 Å². The van der Waals surface area contributed by atoms with E-state index in [1.165, 1.54) is 10.8 Å². The highest BCUT2D eigenvalue weighted by atomic mass is 16.5. The van der Waals surface area contributed by atoms with Crippen molar-refractivity contribution in [3.63, 3.8) is 0 Å². The van der Waals surface area contributed by atoms with Crippen molar-refractivity contribution >= 4 is 28.4 Å². The number of anilines is 1. The lowest BCUT2D eigenvalue weighted by Crippen LogP contribution is -2.44. The fraction of sp³-hybridized carbons (Fsp3) is 0.478. The molecule has 0 unspecified atom stereocenters. The summed E-state index contributed by atoms with van der Waals surface area (Å²) in [6, 6.07) is 5.48. The van der Waals surface area contributed by atoms with Gasteiger partial charge in [0.25, 0.3) is 17.1 Å². The summed E-state index contributed by atoms with van der Waals surface area (Å²) in [5.74, 6) is 0.0841. The highest BCUT2D eigenvalue weighted by Crippen LogP contribution is 2.20. The van der Waals surface area contributed by atoms with Crippen LogP contribution in [0.2, 0.25) is 0 Å². The van der Waals surface area contributed by atoms with E-state index < -0.39 is 0 Å². The predicted molar refractivity (Wildman–Crippen MR) is 119 cm³/mol. The monoisotopic (exact) mass is 424 g/mol. The molecular formula is C23H30N5O3+. The van der Waals surface area contributed by atoms with E-state index in [4.69, 9.17) is 15.5 Å². The molecule has 1 aliphatic rings. The second-order valence-electron chi connectivity index (χ2n) is 8.34. The van der Waals surface area contributed by atoms with Crippen LogP contribution in [-0.2, 0) is 11.3 Å². The normalized spacial score (nSPS) is 14.9. The maximum Gasteiger partial charge on any atom is 0.278 e. The SMILES string of the molecule is COCCC[n+]1c(N)c(C(=O)NC2CCCCC2)cc2c(=O)n3cc(C)ccc3nc21. The molecule has 1 amide bonds. The van der Waals surface area contributed by atoms with E-state index in [1.807, 2.05) is 19.1 Å². The first-order valence-corrected chi connectivity index (χ1v) is 10.9. The summed E-state index contributed by atoms with van der Waals surface area (Å²) in [7, 11) is 1.64. The number of nitrogens with two attached hydrogens (primary N) is 1. The Bertz CT molecular complexity index is 1180. The molecule has 164 valence electrons. The van der Waals surface area contributed by atoms with E-state index in [0.717, 1.165) is 31.2 Å². The van der Waals surface area contributed by atoms with E-state index in [9.17, 15) is 9.59 Å². The van der Waals surface area contributed by atoms with Gasteiger partial charge in [-0.25, -0.2) is 4.57 Å². The first-order valence-electron chi connectivity index (χ1n) is 10.9. The van der Waals surface area contributed by atoms with Crippen molar-refractivity contribution < 1.29 is 14.1 Å². The van der Waals surface area contributed by atoms with Gasteiger partial charge < -0.3 is 15.8 Å². The van der Waals surface area contributed by atoms with Gasteiger partial charge >= 0.3 is 0 Å². The topological polar surface area (TPSA) is 103 Å². The van der Waals surface area contributed by atoms with Gasteiger partial charge in [-0.05, 0) is 37.5 Å². The predicted octanol–water partition coefficient (Wildman–Crippen LogP) is 2.12. The number of nitrogen functional groups attached to an aromatic ring is 1. The van der Waals surface area contributed by atoms with Crippen LogP contribution < -0.4 is 21.2 Å². The van der Waals surface area contributed by atoms with Crippen molar-refractivity contribution in [2.45, 2.75) is 58.0 Å². The molecule has 8 nitrogen and oxygen atoms in total. The maximum atomic E-state index is 13.3. The Balaban J connectivity index is 1.86. The third kappa shape index (κ3) is 4.25. The minimum absolute atomic E-state index is 0.150. The first kappa shape index (κ1) is 21.2. The second kappa shape index (κ2) is 9.01. The van der Waals surface area contributed by atoms with E-state index in [2.05, 4.69) is 5.32 Å². The smallest absolute Gasteiger partial charge is 0.278 e. The summed E-state index contributed by atoms with van der Waals surface area (Å²) in [5.41, 5.74) is 8.56. The molecule has 4 rings (SSSR count). The molecule has 3 aromatic rings. The molecular weight excluding hydrogens is 394 g/mol. The summed E-state index contributed by atoms with van der Waals surface area (Å²) in [6.45, 7) is 2.96. The van der Waals surface area contributed by atoms with Gasteiger partial charge in [-0.15, -0.1) is 0 Å². The Hall–Kier alpha value is -3.00. The number of rotatable bonds is 6. The number of aryl methyl sites for hydroxylation is 2. The zero-order valence-electron chi connectivity index (χ0n) is 18.2. The number of carbonyl (C=O) groups excluding carboxylic acids is 1. The minimum atomic E-state index is -0.236. The van der Waals surface area contributed by atoms with Crippen molar-refractivity contribution in [3.8, 4) is 0 Å². The van der Waals surface area contributed by atoms with Crippen molar-refractivity contribution in [2.75, 3.05) is 19.5 Å². The van der Waals surface area contributed by atoms with Crippen LogP contribution in [0.3, 0.4) is 0 Å². The molecule has 0 radical (unpaired) electrons. The van der Waals surface area contributed by atoms with E-state index in [-0.39, 0.29) is 17.5 Å². The van der Waals surface area contributed by atoms with Gasteiger partial charge in [0.15, 0.2) is 0 Å². The third-order valence-corrected chi connectivity index (χ3v) is 6.01. The van der Waals surface area contributed by atoms with Gasteiger partial charge in [0.2, 0.25) is 11.5 Å². The summed E-state index contributed by atoms with van der Waals surface area (Å²) in [6.07, 6.45) is 7.83. The summed E-state index contributed by atoms with van der Waals surface area (Å²) >= 11 is 0. The number of fused-ring (bicyclic) bond motifs is 2. The Morgan fingerprint density at radius 3 is 2.84 bits per heavy atom. The number of amides is 1. The number of ether oxygens (including phenoxy) is 1. The molecule has 1 fully saturated rings. The Morgan fingerprint density at radius 2 is 2.10 bits per heavy atom. The summed E-state index contributed by atoms with van der Waals surface area (Å²) in [5, 5.41) is 3.49. The van der Waals surface area contributed by atoms with Crippen molar-refractivity contribution in [3.05, 3.63) is 45.9 Å². The van der Waals surface area contributed by atoms with Crippen LogP contribution in [0.1, 0.15) is 54.4 Å². The minimum Gasteiger partial charge on any atom is -0.385 e. The van der Waals surface area contributed by atoms with Gasteiger partial charge in [-0.3, -0.25) is 14.0 Å². The van der Waals surface area contributed by atoms with E-state index in [1.54, 1.807) is 23.9 Å². The van der Waals surface area contributed by atoms with E-state index in [0.29, 0.717) is 47.6 Å². The molecule has 0 aromatic carbocycles. The Labute approximate surface area is 181 Å². The fourth-order valence-electron chi connectivity index (χ4n) is 4.34. The molecule has 0 saturated heterocycles. The Kier molecular flexibility index (Phi) is 6.18. The maximum absolute atomic E-state index is 13.3. The average molecular weight is 425 g/mol. The van der Waals surface area contributed by atoms with Crippen LogP contribution in [-0.4, -0.2) is 35.1 Å². The number of pyridine rings is 2. The van der Waals surface area contributed by atoms with Gasteiger partial charge in [0.05, 0.1) is 6.54 Å². The third-order valence-electron chi connectivity index (χ3n) is 6.01. The number of nitrogens with one attached hydrogen (secondary N) is 1. The number of hydrogen-bond donors (Lipinski definition) is 2. The Morgan fingerprint density at radius 1 is 1.32 bits per heavy atom. The fourth-order valence-corrected chi connectivity index (χ4v) is 4.34. The lowest BCUT2D eigenvalue weighted by molar-refractivity contribution is -0.659. The largest absolute Gasteiger partial charge is 0.385 e. The molecule has 1 saturated carbocycles. The van der Waals surface area contributed by atoms with Gasteiger partial charge in [-0.2, -0.15) is 0 Å². The van der Waals surface area contributed by atoms with Crippen molar-refractivity contribution in [1.82, 2.24) is 14.7 Å². The van der Waals surface area contributed by atoms with Crippen LogP contribution in [0.15, 0.2) is 29.2 Å². The van der Waals surface area contributed by atoms with Gasteiger partial charge in [-0.1, -0.05) is 30.3 Å².